The number of phenolic OH excluding ortho intramolecular Hbond substituents is 1. The number of benzene rings is 2. The van der Waals surface area contributed by atoms with Crippen molar-refractivity contribution < 1.29 is 14.6 Å². The maximum atomic E-state index is 13.4. The van der Waals surface area contributed by atoms with Crippen LogP contribution in [0.5, 0.6) is 5.75 Å². The lowest BCUT2D eigenvalue weighted by Crippen LogP contribution is -2.39. The molecular formula is C23H19BrN2O4S. The van der Waals surface area contributed by atoms with E-state index in [9.17, 15) is 14.7 Å². The first-order valence-electron chi connectivity index (χ1n) is 9.63. The molecule has 1 aliphatic rings. The van der Waals surface area contributed by atoms with Gasteiger partial charge in [0.2, 0.25) is 0 Å². The highest BCUT2D eigenvalue weighted by Crippen LogP contribution is 2.31. The zero-order valence-electron chi connectivity index (χ0n) is 16.8. The molecule has 0 spiro atoms. The predicted octanol–water partition coefficient (Wildman–Crippen LogP) is 3.27. The van der Waals surface area contributed by atoms with Crippen molar-refractivity contribution in [2.75, 3.05) is 6.61 Å². The molecule has 0 bridgehead atoms. The number of carbonyl (C=O) groups is 1. The van der Waals surface area contributed by atoms with Gasteiger partial charge in [-0.1, -0.05) is 51.5 Å². The second-order valence-electron chi connectivity index (χ2n) is 6.95. The molecule has 2 aromatic carbocycles. The molecule has 0 amide bonds. The Morgan fingerprint density at radius 2 is 2.03 bits per heavy atom. The molecule has 1 atom stereocenters. The minimum absolute atomic E-state index is 0.120. The van der Waals surface area contributed by atoms with Crippen LogP contribution in [0.2, 0.25) is 0 Å². The Morgan fingerprint density at radius 3 is 2.71 bits per heavy atom. The monoisotopic (exact) mass is 498 g/mol. The standard InChI is InChI=1S/C23H19BrN2O4S/c1-3-30-22(29)19-13(2)25-23-26(20(19)15-7-9-16(24)10-8-15)21(28)18(31-23)12-14-5-4-6-17(27)11-14/h4-12,20,27H,3H2,1-2H3/b18-12-. The Balaban J connectivity index is 1.96. The number of hydrogen-bond acceptors (Lipinski definition) is 6. The quantitative estimate of drug-likeness (QED) is 0.559. The van der Waals surface area contributed by atoms with Crippen LogP contribution >= 0.6 is 27.3 Å². The average Bonchev–Trinajstić information content (AvgIpc) is 3.02. The van der Waals surface area contributed by atoms with Crippen LogP contribution in [0.3, 0.4) is 0 Å². The summed E-state index contributed by atoms with van der Waals surface area (Å²) in [5.74, 6) is -0.367. The molecule has 1 unspecified atom stereocenters. The lowest BCUT2D eigenvalue weighted by atomic mass is 9.96. The Labute approximate surface area is 190 Å². The summed E-state index contributed by atoms with van der Waals surface area (Å²) < 4.78 is 8.18. The molecule has 6 nitrogen and oxygen atoms in total. The third kappa shape index (κ3) is 4.13. The SMILES string of the molecule is CCOC(=O)C1=C(C)N=c2s/c(=C\c3cccc(O)c3)c(=O)n2C1c1ccc(Br)cc1. The van der Waals surface area contributed by atoms with Crippen LogP contribution in [0.25, 0.3) is 6.08 Å². The summed E-state index contributed by atoms with van der Waals surface area (Å²) in [6, 6.07) is 13.5. The van der Waals surface area contributed by atoms with E-state index in [-0.39, 0.29) is 17.9 Å². The largest absolute Gasteiger partial charge is 0.508 e. The van der Waals surface area contributed by atoms with Gasteiger partial charge in [0, 0.05) is 4.47 Å². The molecular weight excluding hydrogens is 480 g/mol. The summed E-state index contributed by atoms with van der Waals surface area (Å²) in [5.41, 5.74) is 2.10. The van der Waals surface area contributed by atoms with Crippen molar-refractivity contribution in [1.82, 2.24) is 4.57 Å². The van der Waals surface area contributed by atoms with E-state index in [0.717, 1.165) is 10.0 Å². The fourth-order valence-corrected chi connectivity index (χ4v) is 4.83. The molecule has 0 saturated heterocycles. The smallest absolute Gasteiger partial charge is 0.338 e. The fourth-order valence-electron chi connectivity index (χ4n) is 3.52. The lowest BCUT2D eigenvalue weighted by Gasteiger charge is -2.24. The summed E-state index contributed by atoms with van der Waals surface area (Å²) in [6.07, 6.45) is 1.71. The number of carbonyl (C=O) groups excluding carboxylic acids is 1. The van der Waals surface area contributed by atoms with Crippen LogP contribution in [0.15, 0.2) is 74.1 Å². The number of fused-ring (bicyclic) bond motifs is 1. The van der Waals surface area contributed by atoms with Crippen LogP contribution < -0.4 is 14.9 Å². The molecule has 1 aromatic heterocycles. The van der Waals surface area contributed by atoms with E-state index >= 15 is 0 Å². The summed E-state index contributed by atoms with van der Waals surface area (Å²) in [7, 11) is 0. The Bertz CT molecular complexity index is 1370. The number of aromatic hydroxyl groups is 1. The van der Waals surface area contributed by atoms with Crippen molar-refractivity contribution >= 4 is 39.3 Å². The minimum Gasteiger partial charge on any atom is -0.508 e. The molecule has 0 radical (unpaired) electrons. The number of thiazole rings is 1. The minimum atomic E-state index is -0.644. The van der Waals surface area contributed by atoms with Gasteiger partial charge in [-0.2, -0.15) is 0 Å². The lowest BCUT2D eigenvalue weighted by molar-refractivity contribution is -0.139. The molecule has 4 rings (SSSR count). The van der Waals surface area contributed by atoms with Crippen LogP contribution in [0.4, 0.5) is 0 Å². The van der Waals surface area contributed by atoms with Crippen molar-refractivity contribution in [1.29, 1.82) is 0 Å². The first kappa shape index (κ1) is 21.3. The van der Waals surface area contributed by atoms with Crippen LogP contribution in [0, 0.1) is 0 Å². The van der Waals surface area contributed by atoms with E-state index in [1.54, 1.807) is 48.8 Å². The Kier molecular flexibility index (Phi) is 5.93. The average molecular weight is 499 g/mol. The third-order valence-corrected chi connectivity index (χ3v) is 6.38. The number of rotatable bonds is 4. The number of aromatic nitrogens is 1. The zero-order chi connectivity index (χ0) is 22.1. The van der Waals surface area contributed by atoms with Crippen LogP contribution in [-0.4, -0.2) is 22.2 Å². The molecule has 158 valence electrons. The zero-order valence-corrected chi connectivity index (χ0v) is 19.2. The van der Waals surface area contributed by atoms with E-state index in [4.69, 9.17) is 4.74 Å². The Hall–Kier alpha value is -2.97. The van der Waals surface area contributed by atoms with Gasteiger partial charge in [0.15, 0.2) is 4.80 Å². The predicted molar refractivity (Wildman–Crippen MR) is 123 cm³/mol. The Morgan fingerprint density at radius 1 is 1.29 bits per heavy atom. The summed E-state index contributed by atoms with van der Waals surface area (Å²) in [5, 5.41) is 9.74. The van der Waals surface area contributed by atoms with Crippen molar-refractivity contribution in [3.05, 3.63) is 95.1 Å². The first-order valence-corrected chi connectivity index (χ1v) is 11.2. The van der Waals surface area contributed by atoms with Crippen LogP contribution in [0.1, 0.15) is 31.0 Å². The highest BCUT2D eigenvalue weighted by Gasteiger charge is 2.33. The van der Waals surface area contributed by atoms with Crippen molar-refractivity contribution in [3.63, 3.8) is 0 Å². The van der Waals surface area contributed by atoms with Gasteiger partial charge in [-0.15, -0.1) is 0 Å². The second kappa shape index (κ2) is 8.64. The maximum absolute atomic E-state index is 13.4. The highest BCUT2D eigenvalue weighted by atomic mass is 79.9. The fraction of sp³-hybridized carbons (Fsp3) is 0.174. The van der Waals surface area contributed by atoms with E-state index in [1.807, 2.05) is 24.3 Å². The van der Waals surface area contributed by atoms with Gasteiger partial charge in [-0.3, -0.25) is 9.36 Å². The second-order valence-corrected chi connectivity index (χ2v) is 8.87. The maximum Gasteiger partial charge on any atom is 0.338 e. The molecule has 0 fully saturated rings. The van der Waals surface area contributed by atoms with Gasteiger partial charge in [-0.05, 0) is 55.3 Å². The molecule has 0 aliphatic carbocycles. The molecule has 1 aliphatic heterocycles. The summed E-state index contributed by atoms with van der Waals surface area (Å²) in [4.78, 5) is 31.3. The molecule has 1 N–H and O–H groups in total. The topological polar surface area (TPSA) is 80.9 Å². The highest BCUT2D eigenvalue weighted by molar-refractivity contribution is 9.10. The molecule has 2 heterocycles. The van der Waals surface area contributed by atoms with Gasteiger partial charge in [0.05, 0.1) is 28.5 Å². The number of phenols is 1. The molecule has 0 saturated carbocycles. The van der Waals surface area contributed by atoms with E-state index in [1.165, 1.54) is 11.3 Å². The van der Waals surface area contributed by atoms with Crippen molar-refractivity contribution in [2.24, 2.45) is 4.99 Å². The molecule has 31 heavy (non-hydrogen) atoms. The number of allylic oxidation sites excluding steroid dienone is 1. The summed E-state index contributed by atoms with van der Waals surface area (Å²) in [6.45, 7) is 3.72. The van der Waals surface area contributed by atoms with Gasteiger partial charge >= 0.3 is 5.97 Å². The van der Waals surface area contributed by atoms with Crippen molar-refractivity contribution in [2.45, 2.75) is 19.9 Å². The number of halogens is 1. The van der Waals surface area contributed by atoms with E-state index < -0.39 is 12.0 Å². The van der Waals surface area contributed by atoms with E-state index in [0.29, 0.717) is 26.2 Å². The van der Waals surface area contributed by atoms with Gasteiger partial charge in [0.1, 0.15) is 5.75 Å². The molecule has 8 heteroatoms. The normalized spacial score (nSPS) is 16.1. The number of hydrogen-bond donors (Lipinski definition) is 1. The number of ether oxygens (including phenoxy) is 1. The van der Waals surface area contributed by atoms with Crippen LogP contribution in [-0.2, 0) is 9.53 Å². The third-order valence-electron chi connectivity index (χ3n) is 4.87. The number of esters is 1. The van der Waals surface area contributed by atoms with Gasteiger partial charge < -0.3 is 9.84 Å². The summed E-state index contributed by atoms with van der Waals surface area (Å²) >= 11 is 4.68. The first-order chi connectivity index (χ1) is 14.9. The molecule has 3 aromatic rings. The number of nitrogens with zero attached hydrogens (tertiary/aromatic N) is 2. The van der Waals surface area contributed by atoms with Gasteiger partial charge in [-0.25, -0.2) is 9.79 Å². The van der Waals surface area contributed by atoms with E-state index in [2.05, 4.69) is 20.9 Å². The van der Waals surface area contributed by atoms with Crippen molar-refractivity contribution in [3.8, 4) is 5.75 Å². The van der Waals surface area contributed by atoms with Gasteiger partial charge in [0.25, 0.3) is 5.56 Å².